The van der Waals surface area contributed by atoms with Crippen LogP contribution in [0.1, 0.15) is 19.4 Å². The molecular formula is C12H19N5. The Kier molecular flexibility index (Phi) is 3.93. The van der Waals surface area contributed by atoms with Gasteiger partial charge >= 0.3 is 0 Å². The fourth-order valence-electron chi connectivity index (χ4n) is 1.72. The summed E-state index contributed by atoms with van der Waals surface area (Å²) in [7, 11) is 0. The van der Waals surface area contributed by atoms with Crippen molar-refractivity contribution in [3.05, 3.63) is 36.4 Å². The molecule has 1 unspecified atom stereocenters. The second-order valence-electron chi connectivity index (χ2n) is 4.21. The molecule has 2 heterocycles. The van der Waals surface area contributed by atoms with Crippen LogP contribution in [0.2, 0.25) is 0 Å². The highest BCUT2D eigenvalue weighted by atomic mass is 15.3. The predicted octanol–water partition coefficient (Wildman–Crippen LogP) is 1.28. The van der Waals surface area contributed by atoms with Crippen molar-refractivity contribution in [2.75, 3.05) is 0 Å². The van der Waals surface area contributed by atoms with Crippen molar-refractivity contribution in [2.24, 2.45) is 0 Å². The molecule has 0 fully saturated rings. The third-order valence-electron chi connectivity index (χ3n) is 2.69. The molecule has 0 aromatic carbocycles. The molecule has 0 spiro atoms. The molecule has 92 valence electrons. The molecule has 2 aromatic heterocycles. The summed E-state index contributed by atoms with van der Waals surface area (Å²) >= 11 is 0. The second-order valence-corrected chi connectivity index (χ2v) is 4.21. The number of nitrogens with zero attached hydrogens (tertiary/aromatic N) is 4. The van der Waals surface area contributed by atoms with Crippen LogP contribution in [0.15, 0.2) is 30.9 Å². The molecule has 0 aliphatic heterocycles. The van der Waals surface area contributed by atoms with Gasteiger partial charge in [-0.15, -0.1) is 0 Å². The van der Waals surface area contributed by atoms with Gasteiger partial charge in [0.2, 0.25) is 0 Å². The average molecular weight is 233 g/mol. The van der Waals surface area contributed by atoms with Crippen molar-refractivity contribution in [1.82, 2.24) is 24.9 Å². The van der Waals surface area contributed by atoms with E-state index in [1.807, 2.05) is 27.8 Å². The predicted molar refractivity (Wildman–Crippen MR) is 66.4 cm³/mol. The van der Waals surface area contributed by atoms with Crippen molar-refractivity contribution in [3.8, 4) is 0 Å². The zero-order valence-corrected chi connectivity index (χ0v) is 10.4. The summed E-state index contributed by atoms with van der Waals surface area (Å²) in [6.07, 6.45) is 7.77. The van der Waals surface area contributed by atoms with E-state index in [2.05, 4.69) is 35.6 Å². The Bertz CT molecular complexity index is 431. The Morgan fingerprint density at radius 1 is 1.35 bits per heavy atom. The summed E-state index contributed by atoms with van der Waals surface area (Å²) in [4.78, 5) is 0. The standard InChI is InChI=1S/C12H19N5/c1-3-16-10-12(8-15-16)7-13-11(2)9-17-6-4-5-14-17/h4-6,8,10-11,13H,3,7,9H2,1-2H3. The van der Waals surface area contributed by atoms with Gasteiger partial charge in [-0.2, -0.15) is 10.2 Å². The third-order valence-corrected chi connectivity index (χ3v) is 2.69. The first kappa shape index (κ1) is 11.9. The lowest BCUT2D eigenvalue weighted by Crippen LogP contribution is -2.30. The maximum Gasteiger partial charge on any atom is 0.0560 e. The minimum atomic E-state index is 0.389. The highest BCUT2D eigenvalue weighted by molar-refractivity contribution is 5.03. The van der Waals surface area contributed by atoms with Crippen LogP contribution in [0, 0.1) is 0 Å². The van der Waals surface area contributed by atoms with Crippen LogP contribution in [0.5, 0.6) is 0 Å². The number of hydrogen-bond donors (Lipinski definition) is 1. The van der Waals surface area contributed by atoms with Crippen molar-refractivity contribution in [2.45, 2.75) is 39.5 Å². The summed E-state index contributed by atoms with van der Waals surface area (Å²) in [6, 6.07) is 2.33. The first-order valence-electron chi connectivity index (χ1n) is 6.00. The van der Waals surface area contributed by atoms with E-state index in [1.165, 1.54) is 5.56 Å². The van der Waals surface area contributed by atoms with E-state index in [4.69, 9.17) is 0 Å². The maximum atomic E-state index is 4.25. The van der Waals surface area contributed by atoms with E-state index in [1.54, 1.807) is 6.20 Å². The fraction of sp³-hybridized carbons (Fsp3) is 0.500. The minimum absolute atomic E-state index is 0.389. The van der Waals surface area contributed by atoms with Gasteiger partial charge in [0.05, 0.1) is 12.7 Å². The van der Waals surface area contributed by atoms with Crippen LogP contribution in [0.4, 0.5) is 0 Å². The largest absolute Gasteiger partial charge is 0.308 e. The Labute approximate surface area is 101 Å². The first-order chi connectivity index (χ1) is 8.28. The normalized spacial score (nSPS) is 12.8. The number of rotatable bonds is 6. The lowest BCUT2D eigenvalue weighted by Gasteiger charge is -2.12. The quantitative estimate of drug-likeness (QED) is 0.817. The molecule has 0 saturated heterocycles. The smallest absolute Gasteiger partial charge is 0.0560 e. The highest BCUT2D eigenvalue weighted by Gasteiger charge is 2.03. The molecule has 5 nitrogen and oxygen atoms in total. The SMILES string of the molecule is CCn1cc(CNC(C)Cn2cccn2)cn1. The summed E-state index contributed by atoms with van der Waals surface area (Å²) in [5.41, 5.74) is 1.22. The van der Waals surface area contributed by atoms with E-state index in [-0.39, 0.29) is 0 Å². The Balaban J connectivity index is 1.77. The van der Waals surface area contributed by atoms with Gasteiger partial charge in [-0.3, -0.25) is 9.36 Å². The minimum Gasteiger partial charge on any atom is -0.308 e. The van der Waals surface area contributed by atoms with Crippen LogP contribution in [0.25, 0.3) is 0 Å². The van der Waals surface area contributed by atoms with Crippen molar-refractivity contribution >= 4 is 0 Å². The Morgan fingerprint density at radius 2 is 2.24 bits per heavy atom. The molecule has 17 heavy (non-hydrogen) atoms. The van der Waals surface area contributed by atoms with Crippen LogP contribution >= 0.6 is 0 Å². The van der Waals surface area contributed by atoms with Crippen LogP contribution in [-0.2, 0) is 19.6 Å². The molecule has 0 aliphatic rings. The molecule has 0 aliphatic carbocycles. The third kappa shape index (κ3) is 3.42. The van der Waals surface area contributed by atoms with Gasteiger partial charge < -0.3 is 5.32 Å². The zero-order valence-electron chi connectivity index (χ0n) is 10.4. The molecule has 1 atom stereocenters. The van der Waals surface area contributed by atoms with Crippen molar-refractivity contribution in [3.63, 3.8) is 0 Å². The van der Waals surface area contributed by atoms with Crippen LogP contribution in [0.3, 0.4) is 0 Å². The van der Waals surface area contributed by atoms with Gasteiger partial charge in [0, 0.05) is 43.3 Å². The Morgan fingerprint density at radius 3 is 2.88 bits per heavy atom. The lowest BCUT2D eigenvalue weighted by atomic mass is 10.3. The van der Waals surface area contributed by atoms with Crippen LogP contribution in [-0.4, -0.2) is 25.6 Å². The van der Waals surface area contributed by atoms with Gasteiger partial charge in [-0.1, -0.05) is 0 Å². The number of nitrogens with one attached hydrogen (secondary N) is 1. The molecule has 0 bridgehead atoms. The summed E-state index contributed by atoms with van der Waals surface area (Å²) in [6.45, 7) is 6.90. The second kappa shape index (κ2) is 5.63. The van der Waals surface area contributed by atoms with Gasteiger partial charge in [-0.05, 0) is 19.9 Å². The molecule has 0 radical (unpaired) electrons. The van der Waals surface area contributed by atoms with E-state index in [9.17, 15) is 0 Å². The zero-order chi connectivity index (χ0) is 12.1. The number of aromatic nitrogens is 4. The molecule has 0 amide bonds. The lowest BCUT2D eigenvalue weighted by molar-refractivity contribution is 0.450. The Hall–Kier alpha value is -1.62. The summed E-state index contributed by atoms with van der Waals surface area (Å²) < 4.78 is 3.88. The van der Waals surface area contributed by atoms with Crippen LogP contribution < -0.4 is 5.32 Å². The van der Waals surface area contributed by atoms with E-state index in [0.29, 0.717) is 6.04 Å². The molecule has 0 saturated carbocycles. The molecule has 2 aromatic rings. The topological polar surface area (TPSA) is 47.7 Å². The van der Waals surface area contributed by atoms with Crippen molar-refractivity contribution in [1.29, 1.82) is 0 Å². The van der Waals surface area contributed by atoms with Gasteiger partial charge in [0.15, 0.2) is 0 Å². The number of aryl methyl sites for hydroxylation is 1. The van der Waals surface area contributed by atoms with E-state index >= 15 is 0 Å². The molecule has 1 N–H and O–H groups in total. The first-order valence-corrected chi connectivity index (χ1v) is 6.00. The molecular weight excluding hydrogens is 214 g/mol. The fourth-order valence-corrected chi connectivity index (χ4v) is 1.72. The maximum absolute atomic E-state index is 4.25. The van der Waals surface area contributed by atoms with E-state index < -0.39 is 0 Å². The molecule has 5 heteroatoms. The number of hydrogen-bond acceptors (Lipinski definition) is 3. The van der Waals surface area contributed by atoms with Gasteiger partial charge in [0.1, 0.15) is 0 Å². The van der Waals surface area contributed by atoms with Gasteiger partial charge in [0.25, 0.3) is 0 Å². The average Bonchev–Trinajstić information content (AvgIpc) is 2.96. The van der Waals surface area contributed by atoms with Crippen molar-refractivity contribution < 1.29 is 0 Å². The summed E-state index contributed by atoms with van der Waals surface area (Å²) in [5.74, 6) is 0. The monoisotopic (exact) mass is 233 g/mol. The summed E-state index contributed by atoms with van der Waals surface area (Å²) in [5, 5.41) is 11.9. The highest BCUT2D eigenvalue weighted by Crippen LogP contribution is 1.99. The van der Waals surface area contributed by atoms with E-state index in [0.717, 1.165) is 19.6 Å². The van der Waals surface area contributed by atoms with Gasteiger partial charge in [-0.25, -0.2) is 0 Å². The molecule has 2 rings (SSSR count).